The Kier molecular flexibility index (Phi) is 3.81. The summed E-state index contributed by atoms with van der Waals surface area (Å²) < 4.78 is 13.5. The highest BCUT2D eigenvalue weighted by Crippen LogP contribution is 2.30. The summed E-state index contributed by atoms with van der Waals surface area (Å²) >= 11 is 1.70. The van der Waals surface area contributed by atoms with E-state index < -0.39 is 0 Å². The maximum atomic E-state index is 13.5. The molecule has 0 atom stereocenters. The number of hydrogen-bond acceptors (Lipinski definition) is 3. The number of halogens is 1. The third-order valence-electron chi connectivity index (χ3n) is 3.50. The van der Waals surface area contributed by atoms with Gasteiger partial charge in [-0.3, -0.25) is 4.90 Å². The van der Waals surface area contributed by atoms with Crippen LogP contribution < -0.4 is 0 Å². The Bertz CT molecular complexity index is 626. The first kappa shape index (κ1) is 13.3. The first-order chi connectivity index (χ1) is 9.74. The van der Waals surface area contributed by atoms with E-state index in [9.17, 15) is 4.39 Å². The molecule has 0 aliphatic heterocycles. The van der Waals surface area contributed by atoms with Gasteiger partial charge in [-0.15, -0.1) is 0 Å². The number of nitrogens with zero attached hydrogens (tertiary/aromatic N) is 2. The molecule has 3 rings (SSSR count). The number of thiophene rings is 1. The average Bonchev–Trinajstić information content (AvgIpc) is 3.16. The van der Waals surface area contributed by atoms with Gasteiger partial charge in [0.05, 0.1) is 11.6 Å². The summed E-state index contributed by atoms with van der Waals surface area (Å²) in [5.41, 5.74) is 2.58. The van der Waals surface area contributed by atoms with Crippen LogP contribution in [0, 0.1) is 17.1 Å². The van der Waals surface area contributed by atoms with E-state index in [4.69, 9.17) is 5.26 Å². The van der Waals surface area contributed by atoms with Crippen molar-refractivity contribution in [1.29, 1.82) is 5.26 Å². The zero-order valence-electron chi connectivity index (χ0n) is 11.1. The van der Waals surface area contributed by atoms with E-state index >= 15 is 0 Å². The largest absolute Gasteiger partial charge is 0.292 e. The molecule has 1 aromatic carbocycles. The lowest BCUT2D eigenvalue weighted by Gasteiger charge is -2.21. The molecule has 0 radical (unpaired) electrons. The van der Waals surface area contributed by atoms with Gasteiger partial charge in [-0.25, -0.2) is 4.39 Å². The van der Waals surface area contributed by atoms with Crippen LogP contribution in [-0.2, 0) is 13.1 Å². The van der Waals surface area contributed by atoms with Gasteiger partial charge in [-0.2, -0.15) is 16.6 Å². The van der Waals surface area contributed by atoms with Crippen molar-refractivity contribution in [3.05, 3.63) is 57.5 Å². The first-order valence-corrected chi connectivity index (χ1v) is 7.63. The second-order valence-corrected chi connectivity index (χ2v) is 6.01. The molecule has 2 aromatic rings. The third kappa shape index (κ3) is 3.24. The smallest absolute Gasteiger partial charge is 0.124 e. The summed E-state index contributed by atoms with van der Waals surface area (Å²) in [6.07, 6.45) is 2.43. The van der Waals surface area contributed by atoms with Crippen LogP contribution in [0.3, 0.4) is 0 Å². The van der Waals surface area contributed by atoms with Crippen LogP contribution in [0.4, 0.5) is 4.39 Å². The summed E-state index contributed by atoms with van der Waals surface area (Å²) in [6.45, 7) is 1.60. The van der Waals surface area contributed by atoms with E-state index in [1.165, 1.54) is 30.5 Å². The highest BCUT2D eigenvalue weighted by atomic mass is 32.1. The fourth-order valence-electron chi connectivity index (χ4n) is 2.41. The maximum Gasteiger partial charge on any atom is 0.124 e. The van der Waals surface area contributed by atoms with Gasteiger partial charge in [0.1, 0.15) is 5.82 Å². The topological polar surface area (TPSA) is 27.0 Å². The molecule has 2 nitrogen and oxygen atoms in total. The molecule has 20 heavy (non-hydrogen) atoms. The zero-order valence-corrected chi connectivity index (χ0v) is 11.9. The minimum Gasteiger partial charge on any atom is -0.292 e. The minimum absolute atomic E-state index is 0.328. The zero-order chi connectivity index (χ0) is 13.9. The lowest BCUT2D eigenvalue weighted by Crippen LogP contribution is -2.24. The normalized spacial score (nSPS) is 14.4. The second-order valence-electron chi connectivity index (χ2n) is 5.23. The molecular weight excluding hydrogens is 271 g/mol. The Morgan fingerprint density at radius 1 is 1.25 bits per heavy atom. The highest BCUT2D eigenvalue weighted by Gasteiger charge is 2.29. The van der Waals surface area contributed by atoms with Crippen molar-refractivity contribution in [2.24, 2.45) is 0 Å². The van der Waals surface area contributed by atoms with E-state index in [2.05, 4.69) is 21.7 Å². The molecule has 0 bridgehead atoms. The molecule has 1 aromatic heterocycles. The number of benzene rings is 1. The summed E-state index contributed by atoms with van der Waals surface area (Å²) in [7, 11) is 0. The summed E-state index contributed by atoms with van der Waals surface area (Å²) in [6, 6.07) is 9.34. The molecule has 1 aliphatic rings. The molecule has 0 unspecified atom stereocenters. The Labute approximate surface area is 122 Å². The van der Waals surface area contributed by atoms with Crippen molar-refractivity contribution < 1.29 is 4.39 Å². The number of rotatable bonds is 5. The lowest BCUT2D eigenvalue weighted by molar-refractivity contribution is 0.246. The average molecular weight is 286 g/mol. The van der Waals surface area contributed by atoms with Crippen molar-refractivity contribution in [2.75, 3.05) is 0 Å². The van der Waals surface area contributed by atoms with Gasteiger partial charge < -0.3 is 0 Å². The molecule has 0 spiro atoms. The van der Waals surface area contributed by atoms with Crippen LogP contribution in [0.1, 0.15) is 29.5 Å². The number of nitriles is 1. The van der Waals surface area contributed by atoms with E-state index in [-0.39, 0.29) is 5.82 Å². The quantitative estimate of drug-likeness (QED) is 0.833. The minimum atomic E-state index is -0.328. The molecule has 102 valence electrons. The van der Waals surface area contributed by atoms with Crippen LogP contribution in [0.15, 0.2) is 35.0 Å². The Morgan fingerprint density at radius 3 is 2.70 bits per heavy atom. The lowest BCUT2D eigenvalue weighted by atomic mass is 10.1. The molecule has 4 heteroatoms. The first-order valence-electron chi connectivity index (χ1n) is 6.69. The predicted octanol–water partition coefficient (Wildman–Crippen LogP) is 3.92. The van der Waals surface area contributed by atoms with Gasteiger partial charge in [-0.05, 0) is 59.0 Å². The summed E-state index contributed by atoms with van der Waals surface area (Å²) in [4.78, 5) is 2.37. The number of hydrogen-bond donors (Lipinski definition) is 0. The third-order valence-corrected chi connectivity index (χ3v) is 4.23. The maximum absolute atomic E-state index is 13.5. The van der Waals surface area contributed by atoms with Gasteiger partial charge in [0, 0.05) is 19.1 Å². The Hall–Kier alpha value is -1.70. The van der Waals surface area contributed by atoms with Gasteiger partial charge in [0.15, 0.2) is 0 Å². The fourth-order valence-corrected chi connectivity index (χ4v) is 3.07. The monoisotopic (exact) mass is 286 g/mol. The van der Waals surface area contributed by atoms with E-state index in [0.29, 0.717) is 18.2 Å². The van der Waals surface area contributed by atoms with Gasteiger partial charge in [0.25, 0.3) is 0 Å². The molecule has 0 saturated heterocycles. The molecule has 0 N–H and O–H groups in total. The SMILES string of the molecule is N#Cc1cc(F)cc(CN(Cc2ccsc2)C2CC2)c1. The molecule has 0 amide bonds. The second kappa shape index (κ2) is 5.74. The molecule has 1 heterocycles. The van der Waals surface area contributed by atoms with Crippen LogP contribution in [0.25, 0.3) is 0 Å². The van der Waals surface area contributed by atoms with Crippen molar-refractivity contribution in [3.8, 4) is 6.07 Å². The van der Waals surface area contributed by atoms with Crippen molar-refractivity contribution in [1.82, 2.24) is 4.90 Å². The molecule has 1 aliphatic carbocycles. The van der Waals surface area contributed by atoms with Crippen LogP contribution in [-0.4, -0.2) is 10.9 Å². The summed E-state index contributed by atoms with van der Waals surface area (Å²) in [5, 5.41) is 13.2. The van der Waals surface area contributed by atoms with Crippen LogP contribution in [0.2, 0.25) is 0 Å². The van der Waals surface area contributed by atoms with Crippen LogP contribution in [0.5, 0.6) is 0 Å². The van der Waals surface area contributed by atoms with Crippen molar-refractivity contribution in [3.63, 3.8) is 0 Å². The predicted molar refractivity (Wildman–Crippen MR) is 77.7 cm³/mol. The van der Waals surface area contributed by atoms with E-state index in [1.54, 1.807) is 17.4 Å². The highest BCUT2D eigenvalue weighted by molar-refractivity contribution is 7.07. The molecule has 1 fully saturated rings. The van der Waals surface area contributed by atoms with Gasteiger partial charge >= 0.3 is 0 Å². The van der Waals surface area contributed by atoms with E-state index in [1.807, 2.05) is 6.07 Å². The van der Waals surface area contributed by atoms with Crippen molar-refractivity contribution >= 4 is 11.3 Å². The molecular formula is C16H15FN2S. The Balaban J connectivity index is 1.76. The fraction of sp³-hybridized carbons (Fsp3) is 0.312. The standard InChI is InChI=1S/C16H15FN2S/c17-15-6-13(8-18)5-14(7-15)10-19(16-1-2-16)9-12-3-4-20-11-12/h3-7,11,16H,1-2,9-10H2. The van der Waals surface area contributed by atoms with Gasteiger partial charge in [0.2, 0.25) is 0 Å². The molecule has 1 saturated carbocycles. The van der Waals surface area contributed by atoms with Crippen molar-refractivity contribution in [2.45, 2.75) is 32.0 Å². The summed E-state index contributed by atoms with van der Waals surface area (Å²) in [5.74, 6) is -0.328. The van der Waals surface area contributed by atoms with Crippen LogP contribution >= 0.6 is 11.3 Å². The Morgan fingerprint density at radius 2 is 2.05 bits per heavy atom. The van der Waals surface area contributed by atoms with E-state index in [0.717, 1.165) is 12.1 Å². The van der Waals surface area contributed by atoms with Gasteiger partial charge in [-0.1, -0.05) is 0 Å².